The van der Waals surface area contributed by atoms with E-state index in [1.807, 2.05) is 49.4 Å². The van der Waals surface area contributed by atoms with Crippen molar-refractivity contribution in [2.24, 2.45) is 0 Å². The maximum absolute atomic E-state index is 12.5. The molecule has 0 aromatic heterocycles. The first-order chi connectivity index (χ1) is 12.2. The molecule has 1 unspecified atom stereocenters. The Balaban J connectivity index is 1.68. The van der Waals surface area contributed by atoms with E-state index in [0.717, 1.165) is 23.1 Å². The molecule has 0 fully saturated rings. The fourth-order valence-electron chi connectivity index (χ4n) is 2.85. The van der Waals surface area contributed by atoms with E-state index >= 15 is 0 Å². The van der Waals surface area contributed by atoms with Crippen LogP contribution in [0.25, 0.3) is 11.1 Å². The van der Waals surface area contributed by atoms with Crippen LogP contribution in [0.15, 0.2) is 78.9 Å². The second-order valence-corrected chi connectivity index (χ2v) is 6.23. The van der Waals surface area contributed by atoms with E-state index in [1.165, 1.54) is 5.56 Å². The van der Waals surface area contributed by atoms with Crippen molar-refractivity contribution >= 4 is 5.91 Å². The molecule has 1 N–H and O–H groups in total. The summed E-state index contributed by atoms with van der Waals surface area (Å²) in [7, 11) is 0. The zero-order valence-corrected chi connectivity index (χ0v) is 14.7. The van der Waals surface area contributed by atoms with Gasteiger partial charge in [-0.1, -0.05) is 73.7 Å². The molecular formula is C23H23NO. The Morgan fingerprint density at radius 1 is 0.840 bits per heavy atom. The standard InChI is InChI=1S/C23H23NO/c1-3-18-9-11-19(12-10-18)17(2)24-23(25)22-15-13-21(14-16-22)20-7-5-4-6-8-20/h4-17H,3H2,1-2H3,(H,24,25). The third-order valence-electron chi connectivity index (χ3n) is 4.49. The molecule has 0 bridgehead atoms. The van der Waals surface area contributed by atoms with Crippen LogP contribution in [0.1, 0.15) is 41.4 Å². The summed E-state index contributed by atoms with van der Waals surface area (Å²) in [4.78, 5) is 12.5. The molecule has 3 aromatic rings. The molecule has 0 radical (unpaired) electrons. The Kier molecular flexibility index (Phi) is 5.30. The van der Waals surface area contributed by atoms with Crippen LogP contribution in [-0.4, -0.2) is 5.91 Å². The maximum Gasteiger partial charge on any atom is 0.251 e. The number of rotatable bonds is 5. The topological polar surface area (TPSA) is 29.1 Å². The molecule has 0 aliphatic heterocycles. The number of carbonyl (C=O) groups excluding carboxylic acids is 1. The Morgan fingerprint density at radius 3 is 2.04 bits per heavy atom. The Morgan fingerprint density at radius 2 is 1.44 bits per heavy atom. The van der Waals surface area contributed by atoms with E-state index in [0.29, 0.717) is 5.56 Å². The number of hydrogen-bond acceptors (Lipinski definition) is 1. The van der Waals surface area contributed by atoms with Crippen LogP contribution in [-0.2, 0) is 6.42 Å². The monoisotopic (exact) mass is 329 g/mol. The quantitative estimate of drug-likeness (QED) is 0.666. The van der Waals surface area contributed by atoms with Gasteiger partial charge in [0.25, 0.3) is 5.91 Å². The lowest BCUT2D eigenvalue weighted by Gasteiger charge is -2.15. The summed E-state index contributed by atoms with van der Waals surface area (Å²) in [5, 5.41) is 3.07. The van der Waals surface area contributed by atoms with Crippen LogP contribution >= 0.6 is 0 Å². The highest BCUT2D eigenvalue weighted by Gasteiger charge is 2.11. The predicted octanol–water partition coefficient (Wildman–Crippen LogP) is 5.41. The van der Waals surface area contributed by atoms with E-state index < -0.39 is 0 Å². The van der Waals surface area contributed by atoms with Gasteiger partial charge in [-0.15, -0.1) is 0 Å². The zero-order chi connectivity index (χ0) is 17.6. The summed E-state index contributed by atoms with van der Waals surface area (Å²) >= 11 is 0. The van der Waals surface area contributed by atoms with Gasteiger partial charge in [0.15, 0.2) is 0 Å². The van der Waals surface area contributed by atoms with Crippen molar-refractivity contribution in [2.45, 2.75) is 26.3 Å². The fourth-order valence-corrected chi connectivity index (χ4v) is 2.85. The molecule has 0 saturated carbocycles. The molecule has 3 rings (SSSR count). The van der Waals surface area contributed by atoms with Crippen molar-refractivity contribution in [3.63, 3.8) is 0 Å². The van der Waals surface area contributed by atoms with Crippen LogP contribution in [0.4, 0.5) is 0 Å². The van der Waals surface area contributed by atoms with Gasteiger partial charge >= 0.3 is 0 Å². The Bertz CT molecular complexity index is 820. The first-order valence-electron chi connectivity index (χ1n) is 8.72. The summed E-state index contributed by atoms with van der Waals surface area (Å²) in [5.41, 5.74) is 5.36. The molecule has 2 heteroatoms. The summed E-state index contributed by atoms with van der Waals surface area (Å²) < 4.78 is 0. The van der Waals surface area contributed by atoms with Crippen LogP contribution in [0.5, 0.6) is 0 Å². The second kappa shape index (κ2) is 7.80. The first kappa shape index (κ1) is 17.0. The number of hydrogen-bond donors (Lipinski definition) is 1. The smallest absolute Gasteiger partial charge is 0.251 e. The van der Waals surface area contributed by atoms with Crippen LogP contribution in [0.2, 0.25) is 0 Å². The minimum atomic E-state index is -0.0494. The van der Waals surface area contributed by atoms with Crippen LogP contribution in [0.3, 0.4) is 0 Å². The molecule has 126 valence electrons. The van der Waals surface area contributed by atoms with E-state index in [1.54, 1.807) is 0 Å². The van der Waals surface area contributed by atoms with E-state index in [2.05, 4.69) is 48.6 Å². The Hall–Kier alpha value is -2.87. The third-order valence-corrected chi connectivity index (χ3v) is 4.49. The molecule has 25 heavy (non-hydrogen) atoms. The summed E-state index contributed by atoms with van der Waals surface area (Å²) in [6.07, 6.45) is 1.02. The molecule has 0 heterocycles. The van der Waals surface area contributed by atoms with Crippen molar-refractivity contribution < 1.29 is 4.79 Å². The maximum atomic E-state index is 12.5. The van der Waals surface area contributed by atoms with E-state index in [-0.39, 0.29) is 11.9 Å². The van der Waals surface area contributed by atoms with Crippen molar-refractivity contribution in [2.75, 3.05) is 0 Å². The molecular weight excluding hydrogens is 306 g/mol. The Labute approximate surface area is 149 Å². The molecule has 0 spiro atoms. The van der Waals surface area contributed by atoms with Gasteiger partial charge in [0.1, 0.15) is 0 Å². The van der Waals surface area contributed by atoms with E-state index in [4.69, 9.17) is 0 Å². The van der Waals surface area contributed by atoms with Crippen molar-refractivity contribution in [3.8, 4) is 11.1 Å². The average Bonchev–Trinajstić information content (AvgIpc) is 2.68. The van der Waals surface area contributed by atoms with Gasteiger partial charge in [-0.2, -0.15) is 0 Å². The van der Waals surface area contributed by atoms with Crippen molar-refractivity contribution in [1.82, 2.24) is 5.32 Å². The largest absolute Gasteiger partial charge is 0.346 e. The number of amides is 1. The highest BCUT2D eigenvalue weighted by molar-refractivity contribution is 5.94. The van der Waals surface area contributed by atoms with Gasteiger partial charge < -0.3 is 5.32 Å². The van der Waals surface area contributed by atoms with E-state index in [9.17, 15) is 4.79 Å². The van der Waals surface area contributed by atoms with Gasteiger partial charge in [0, 0.05) is 5.56 Å². The van der Waals surface area contributed by atoms with Gasteiger partial charge in [0.05, 0.1) is 6.04 Å². The third kappa shape index (κ3) is 4.16. The van der Waals surface area contributed by atoms with Crippen molar-refractivity contribution in [3.05, 3.63) is 95.6 Å². The fraction of sp³-hybridized carbons (Fsp3) is 0.174. The molecule has 3 aromatic carbocycles. The van der Waals surface area contributed by atoms with Crippen molar-refractivity contribution in [1.29, 1.82) is 0 Å². The molecule has 0 aliphatic rings. The molecule has 2 nitrogen and oxygen atoms in total. The number of nitrogens with one attached hydrogen (secondary N) is 1. The van der Waals surface area contributed by atoms with Gasteiger partial charge in [-0.25, -0.2) is 0 Å². The van der Waals surface area contributed by atoms with Gasteiger partial charge in [-0.3, -0.25) is 4.79 Å². The second-order valence-electron chi connectivity index (χ2n) is 6.23. The number of benzene rings is 3. The summed E-state index contributed by atoms with van der Waals surface area (Å²) in [6.45, 7) is 4.15. The normalized spacial score (nSPS) is 11.8. The lowest BCUT2D eigenvalue weighted by Crippen LogP contribution is -2.26. The zero-order valence-electron chi connectivity index (χ0n) is 14.7. The minimum Gasteiger partial charge on any atom is -0.346 e. The number of carbonyl (C=O) groups is 1. The summed E-state index contributed by atoms with van der Waals surface area (Å²) in [6, 6.07) is 26.3. The lowest BCUT2D eigenvalue weighted by molar-refractivity contribution is 0.0940. The molecule has 1 amide bonds. The predicted molar refractivity (Wildman–Crippen MR) is 104 cm³/mol. The molecule has 1 atom stereocenters. The molecule has 0 aliphatic carbocycles. The first-order valence-corrected chi connectivity index (χ1v) is 8.72. The minimum absolute atomic E-state index is 0.0211. The average molecular weight is 329 g/mol. The van der Waals surface area contributed by atoms with Gasteiger partial charge in [-0.05, 0) is 47.7 Å². The highest BCUT2D eigenvalue weighted by Crippen LogP contribution is 2.20. The molecule has 0 saturated heterocycles. The highest BCUT2D eigenvalue weighted by atomic mass is 16.1. The summed E-state index contributed by atoms with van der Waals surface area (Å²) in [5.74, 6) is -0.0494. The van der Waals surface area contributed by atoms with Gasteiger partial charge in [0.2, 0.25) is 0 Å². The number of aryl methyl sites for hydroxylation is 1. The van der Waals surface area contributed by atoms with Crippen LogP contribution < -0.4 is 5.32 Å². The van der Waals surface area contributed by atoms with Crippen LogP contribution in [0, 0.1) is 0 Å². The lowest BCUT2D eigenvalue weighted by atomic mass is 10.0. The SMILES string of the molecule is CCc1ccc(C(C)NC(=O)c2ccc(-c3ccccc3)cc2)cc1.